The normalized spacial score (nSPS) is 17.5. The van der Waals surface area contributed by atoms with Gasteiger partial charge in [-0.25, -0.2) is 14.2 Å². The van der Waals surface area contributed by atoms with Crippen LogP contribution in [0.4, 0.5) is 14.9 Å². The van der Waals surface area contributed by atoms with Gasteiger partial charge < -0.3 is 13.6 Å². The predicted octanol–water partition coefficient (Wildman–Crippen LogP) is 4.30. The summed E-state index contributed by atoms with van der Waals surface area (Å²) < 4.78 is 58.5. The standard InChI is InChI=1S/C21H29FN2O7SSi/c1-21(2,3)33(5,6)30-12-14-11-28-19(23-14)17-8-7-15(9-18(17)22)24-10-16(31-20(24)25)13-29-32(4,26)27/h7-9,11,16H,10,12-13H2,1-6H3. The van der Waals surface area contributed by atoms with Gasteiger partial charge in [0.1, 0.15) is 30.5 Å². The summed E-state index contributed by atoms with van der Waals surface area (Å²) in [6.45, 7) is 10.7. The molecule has 182 valence electrons. The lowest BCUT2D eigenvalue weighted by atomic mass is 10.1. The van der Waals surface area contributed by atoms with Gasteiger partial charge in [-0.1, -0.05) is 20.8 Å². The molecule has 1 aromatic heterocycles. The molecule has 0 saturated carbocycles. The zero-order chi connectivity index (χ0) is 24.6. The highest BCUT2D eigenvalue weighted by molar-refractivity contribution is 7.85. The van der Waals surface area contributed by atoms with Crippen molar-refractivity contribution in [1.29, 1.82) is 0 Å². The third kappa shape index (κ3) is 6.19. The molecule has 0 bridgehead atoms. The van der Waals surface area contributed by atoms with Crippen molar-refractivity contribution in [2.45, 2.75) is 51.6 Å². The molecule has 0 aliphatic carbocycles. The molecule has 0 N–H and O–H groups in total. The summed E-state index contributed by atoms with van der Waals surface area (Å²) in [5, 5.41) is 0.0498. The first-order valence-corrected chi connectivity index (χ1v) is 15.1. The van der Waals surface area contributed by atoms with E-state index >= 15 is 0 Å². The largest absolute Gasteiger partial charge is 0.444 e. The lowest BCUT2D eigenvalue weighted by molar-refractivity contribution is 0.107. The summed E-state index contributed by atoms with van der Waals surface area (Å²) in [4.78, 5) is 17.7. The fraction of sp³-hybridized carbons (Fsp3) is 0.524. The number of rotatable bonds is 8. The highest BCUT2D eigenvalue weighted by Gasteiger charge is 2.37. The quantitative estimate of drug-likeness (QED) is 0.390. The minimum absolute atomic E-state index is 0.0288. The molecule has 1 aliphatic heterocycles. The van der Waals surface area contributed by atoms with Gasteiger partial charge in [0.2, 0.25) is 5.89 Å². The van der Waals surface area contributed by atoms with Gasteiger partial charge in [0.05, 0.1) is 30.7 Å². The summed E-state index contributed by atoms with van der Waals surface area (Å²) in [5.41, 5.74) is 0.966. The van der Waals surface area contributed by atoms with E-state index in [0.717, 1.165) is 6.26 Å². The second kappa shape index (κ2) is 9.16. The van der Waals surface area contributed by atoms with Crippen LogP contribution in [0.5, 0.6) is 0 Å². The summed E-state index contributed by atoms with van der Waals surface area (Å²) in [7, 11) is -5.63. The number of carbonyl (C=O) groups is 1. The molecular formula is C21H29FN2O7SSi. The molecule has 1 amide bonds. The number of halogens is 1. The van der Waals surface area contributed by atoms with Crippen LogP contribution >= 0.6 is 0 Å². The average Bonchev–Trinajstić information content (AvgIpc) is 3.30. The average molecular weight is 501 g/mol. The lowest BCUT2D eigenvalue weighted by Gasteiger charge is -2.35. The first kappa shape index (κ1) is 25.3. The molecule has 3 rings (SSSR count). The number of ether oxygens (including phenoxy) is 1. The number of hydrogen-bond donors (Lipinski definition) is 0. The van der Waals surface area contributed by atoms with Crippen molar-refractivity contribution < 1.29 is 35.4 Å². The number of amides is 1. The Morgan fingerprint density at radius 2 is 2.00 bits per heavy atom. The van der Waals surface area contributed by atoms with Crippen LogP contribution in [-0.4, -0.2) is 53.3 Å². The van der Waals surface area contributed by atoms with Crippen molar-refractivity contribution in [1.82, 2.24) is 4.98 Å². The Labute approximate surface area is 194 Å². The number of benzene rings is 1. The molecule has 1 unspecified atom stereocenters. The van der Waals surface area contributed by atoms with Crippen molar-refractivity contribution in [3.05, 3.63) is 36.0 Å². The Morgan fingerprint density at radius 1 is 1.30 bits per heavy atom. The van der Waals surface area contributed by atoms with Crippen molar-refractivity contribution in [3.8, 4) is 11.5 Å². The molecule has 2 heterocycles. The minimum atomic E-state index is -3.67. The van der Waals surface area contributed by atoms with Crippen molar-refractivity contribution >= 4 is 30.2 Å². The van der Waals surface area contributed by atoms with Gasteiger partial charge in [0.25, 0.3) is 10.1 Å². The molecule has 1 aliphatic rings. The Bertz CT molecular complexity index is 1130. The van der Waals surface area contributed by atoms with Gasteiger partial charge in [-0.15, -0.1) is 0 Å². The fourth-order valence-electron chi connectivity index (χ4n) is 2.83. The minimum Gasteiger partial charge on any atom is -0.444 e. The molecular weight excluding hydrogens is 471 g/mol. The number of aromatic nitrogens is 1. The number of carbonyl (C=O) groups excluding carboxylic acids is 1. The van der Waals surface area contributed by atoms with E-state index in [1.54, 1.807) is 0 Å². The third-order valence-corrected chi connectivity index (χ3v) is 10.8. The van der Waals surface area contributed by atoms with E-state index in [1.165, 1.54) is 29.4 Å². The Balaban J connectivity index is 1.69. The molecule has 2 aromatic rings. The molecule has 1 aromatic carbocycles. The van der Waals surface area contributed by atoms with E-state index in [1.807, 2.05) is 0 Å². The first-order valence-electron chi connectivity index (χ1n) is 10.4. The molecule has 12 heteroatoms. The second-order valence-electron chi connectivity index (χ2n) is 9.46. The first-order chi connectivity index (χ1) is 15.2. The number of cyclic esters (lactones) is 1. The van der Waals surface area contributed by atoms with Crippen LogP contribution in [0.1, 0.15) is 26.5 Å². The topological polar surface area (TPSA) is 108 Å². The van der Waals surface area contributed by atoms with Crippen molar-refractivity contribution in [2.24, 2.45) is 0 Å². The van der Waals surface area contributed by atoms with Gasteiger partial charge in [0.15, 0.2) is 8.32 Å². The van der Waals surface area contributed by atoms with Gasteiger partial charge in [-0.3, -0.25) is 9.08 Å². The number of oxazole rings is 1. The zero-order valence-corrected chi connectivity index (χ0v) is 21.4. The summed E-state index contributed by atoms with van der Waals surface area (Å²) >= 11 is 0. The van der Waals surface area contributed by atoms with Gasteiger partial charge in [-0.05, 0) is 36.3 Å². The summed E-state index contributed by atoms with van der Waals surface area (Å²) in [6, 6.07) is 4.17. The monoisotopic (exact) mass is 500 g/mol. The molecule has 1 fully saturated rings. The maximum atomic E-state index is 14.9. The van der Waals surface area contributed by atoms with E-state index < -0.39 is 36.4 Å². The van der Waals surface area contributed by atoms with Crippen LogP contribution in [0.15, 0.2) is 28.9 Å². The van der Waals surface area contributed by atoms with E-state index in [9.17, 15) is 17.6 Å². The van der Waals surface area contributed by atoms with E-state index in [4.69, 9.17) is 13.6 Å². The van der Waals surface area contributed by atoms with Crippen LogP contribution in [0.2, 0.25) is 18.1 Å². The molecule has 1 saturated heterocycles. The molecule has 9 nitrogen and oxygen atoms in total. The molecule has 1 atom stereocenters. The van der Waals surface area contributed by atoms with E-state index in [0.29, 0.717) is 5.69 Å². The maximum Gasteiger partial charge on any atom is 0.414 e. The Morgan fingerprint density at radius 3 is 2.61 bits per heavy atom. The Hall–Kier alpha value is -2.28. The van der Waals surface area contributed by atoms with Gasteiger partial charge in [-0.2, -0.15) is 8.42 Å². The maximum absolute atomic E-state index is 14.9. The number of anilines is 1. The third-order valence-electron chi connectivity index (χ3n) is 5.78. The smallest absolute Gasteiger partial charge is 0.414 e. The van der Waals surface area contributed by atoms with Crippen LogP contribution in [0.3, 0.4) is 0 Å². The van der Waals surface area contributed by atoms with Crippen LogP contribution < -0.4 is 4.90 Å². The van der Waals surface area contributed by atoms with Crippen LogP contribution in [-0.2, 0) is 30.1 Å². The summed E-state index contributed by atoms with van der Waals surface area (Å²) in [6.07, 6.45) is 0.846. The lowest BCUT2D eigenvalue weighted by Crippen LogP contribution is -2.40. The molecule has 33 heavy (non-hydrogen) atoms. The van der Waals surface area contributed by atoms with Crippen molar-refractivity contribution in [3.63, 3.8) is 0 Å². The Kier molecular flexibility index (Phi) is 7.04. The fourth-order valence-corrected chi connectivity index (χ4v) is 4.17. The second-order valence-corrected chi connectivity index (χ2v) is 15.9. The predicted molar refractivity (Wildman–Crippen MR) is 122 cm³/mol. The van der Waals surface area contributed by atoms with E-state index in [-0.39, 0.29) is 41.9 Å². The van der Waals surface area contributed by atoms with Crippen LogP contribution in [0, 0.1) is 5.82 Å². The number of hydrogen-bond acceptors (Lipinski definition) is 8. The van der Waals surface area contributed by atoms with Crippen LogP contribution in [0.25, 0.3) is 11.5 Å². The highest BCUT2D eigenvalue weighted by atomic mass is 32.2. The summed E-state index contributed by atoms with van der Waals surface area (Å²) in [5.74, 6) is -0.522. The van der Waals surface area contributed by atoms with Gasteiger partial charge in [0, 0.05) is 0 Å². The van der Waals surface area contributed by atoms with E-state index in [2.05, 4.69) is 43.0 Å². The molecule has 0 radical (unpaired) electrons. The molecule has 0 spiro atoms. The van der Waals surface area contributed by atoms with Gasteiger partial charge >= 0.3 is 6.09 Å². The number of nitrogens with zero attached hydrogens (tertiary/aromatic N) is 2. The zero-order valence-electron chi connectivity index (χ0n) is 19.5. The SMILES string of the molecule is CC(C)(C)[Si](C)(C)OCc1coc(-c2ccc(N3CC(COS(C)(=O)=O)OC3=O)cc2F)n1. The van der Waals surface area contributed by atoms with Crippen molar-refractivity contribution in [2.75, 3.05) is 24.3 Å². The highest BCUT2D eigenvalue weighted by Crippen LogP contribution is 2.37.